The van der Waals surface area contributed by atoms with E-state index in [2.05, 4.69) is 5.32 Å². The van der Waals surface area contributed by atoms with Crippen molar-refractivity contribution in [1.29, 1.82) is 0 Å². The molecule has 1 aromatic carbocycles. The van der Waals surface area contributed by atoms with Crippen molar-refractivity contribution in [3.05, 3.63) is 30.0 Å². The van der Waals surface area contributed by atoms with Gasteiger partial charge >= 0.3 is 0 Å². The summed E-state index contributed by atoms with van der Waals surface area (Å²) < 4.78 is 11.1. The van der Waals surface area contributed by atoms with Crippen molar-refractivity contribution in [2.75, 3.05) is 38.2 Å². The summed E-state index contributed by atoms with van der Waals surface area (Å²) in [6, 6.07) is 7.04. The fraction of sp³-hybridized carbons (Fsp3) is 0.478. The molecule has 2 saturated heterocycles. The summed E-state index contributed by atoms with van der Waals surface area (Å²) in [6.45, 7) is 1.38. The summed E-state index contributed by atoms with van der Waals surface area (Å²) in [5.74, 6) is -1.98. The Morgan fingerprint density at radius 3 is 2.34 bits per heavy atom. The van der Waals surface area contributed by atoms with Crippen LogP contribution in [0.4, 0.5) is 5.69 Å². The minimum atomic E-state index is -0.534. The van der Waals surface area contributed by atoms with E-state index in [1.54, 1.807) is 29.2 Å². The van der Waals surface area contributed by atoms with Crippen LogP contribution in [-0.4, -0.2) is 66.3 Å². The SMILES string of the molecule is O=C(CN1C(=O)[C@H]2CCCC[C@H]2C1=O)Nc1c(C(=O)N2CCOCC2)oc2ccccc12. The molecule has 1 aliphatic carbocycles. The zero-order chi connectivity index (χ0) is 22.2. The number of carbonyl (C=O) groups excluding carboxylic acids is 4. The van der Waals surface area contributed by atoms with Crippen molar-refractivity contribution in [3.8, 4) is 0 Å². The predicted molar refractivity (Wildman–Crippen MR) is 114 cm³/mol. The molecular weight excluding hydrogens is 414 g/mol. The number of hydrogen-bond acceptors (Lipinski definition) is 6. The minimum Gasteiger partial charge on any atom is -0.449 e. The Morgan fingerprint density at radius 1 is 1.00 bits per heavy atom. The number of nitrogens with one attached hydrogen (secondary N) is 1. The number of benzene rings is 1. The van der Waals surface area contributed by atoms with Gasteiger partial charge in [0.2, 0.25) is 23.5 Å². The maximum atomic E-state index is 13.1. The van der Waals surface area contributed by atoms with Crippen LogP contribution in [0.2, 0.25) is 0 Å². The van der Waals surface area contributed by atoms with Crippen LogP contribution in [0.15, 0.2) is 28.7 Å². The summed E-state index contributed by atoms with van der Waals surface area (Å²) in [4.78, 5) is 54.1. The zero-order valence-corrected chi connectivity index (χ0v) is 17.7. The van der Waals surface area contributed by atoms with Crippen molar-refractivity contribution in [1.82, 2.24) is 9.80 Å². The van der Waals surface area contributed by atoms with Crippen LogP contribution in [0.1, 0.15) is 36.2 Å². The summed E-state index contributed by atoms with van der Waals surface area (Å²) >= 11 is 0. The smallest absolute Gasteiger partial charge is 0.291 e. The number of amides is 4. The highest BCUT2D eigenvalue weighted by Crippen LogP contribution is 2.38. The number of furan rings is 1. The number of fused-ring (bicyclic) bond motifs is 2. The van der Waals surface area contributed by atoms with Gasteiger partial charge in [0.15, 0.2) is 0 Å². The van der Waals surface area contributed by atoms with Gasteiger partial charge in [-0.25, -0.2) is 0 Å². The molecule has 1 saturated carbocycles. The maximum Gasteiger partial charge on any atom is 0.291 e. The normalized spacial score (nSPS) is 23.5. The number of carbonyl (C=O) groups is 4. The highest BCUT2D eigenvalue weighted by Gasteiger charge is 2.48. The molecule has 2 atom stereocenters. The zero-order valence-electron chi connectivity index (χ0n) is 17.7. The van der Waals surface area contributed by atoms with Gasteiger partial charge in [-0.2, -0.15) is 0 Å². The van der Waals surface area contributed by atoms with Gasteiger partial charge < -0.3 is 19.4 Å². The fourth-order valence-electron chi connectivity index (χ4n) is 4.94. The van der Waals surface area contributed by atoms with E-state index in [-0.39, 0.29) is 47.5 Å². The van der Waals surface area contributed by atoms with Crippen LogP contribution in [0.25, 0.3) is 11.0 Å². The van der Waals surface area contributed by atoms with Crippen LogP contribution in [0.5, 0.6) is 0 Å². The Bertz CT molecular complexity index is 1060. The first-order valence-electron chi connectivity index (χ1n) is 11.1. The summed E-state index contributed by atoms with van der Waals surface area (Å²) in [6.07, 6.45) is 3.23. The van der Waals surface area contributed by atoms with Crippen molar-refractivity contribution in [3.63, 3.8) is 0 Å². The highest BCUT2D eigenvalue weighted by molar-refractivity contribution is 6.13. The molecule has 0 bridgehead atoms. The number of para-hydroxylation sites is 1. The molecule has 3 aliphatic rings. The third-order valence-electron chi connectivity index (χ3n) is 6.59. The van der Waals surface area contributed by atoms with Crippen LogP contribution in [0.3, 0.4) is 0 Å². The third kappa shape index (κ3) is 3.56. The van der Waals surface area contributed by atoms with Gasteiger partial charge in [-0.1, -0.05) is 25.0 Å². The summed E-state index contributed by atoms with van der Waals surface area (Å²) in [5.41, 5.74) is 0.734. The Morgan fingerprint density at radius 2 is 1.66 bits per heavy atom. The number of anilines is 1. The van der Waals surface area contributed by atoms with Gasteiger partial charge in [-0.3, -0.25) is 24.1 Å². The van der Waals surface area contributed by atoms with Crippen LogP contribution >= 0.6 is 0 Å². The lowest BCUT2D eigenvalue weighted by Crippen LogP contribution is -2.41. The van der Waals surface area contributed by atoms with E-state index >= 15 is 0 Å². The molecular formula is C23H25N3O6. The number of likely N-dealkylation sites (tertiary alicyclic amines) is 1. The Labute approximate surface area is 184 Å². The number of rotatable bonds is 4. The van der Waals surface area contributed by atoms with E-state index in [1.807, 2.05) is 0 Å². The number of nitrogens with zero attached hydrogens (tertiary/aromatic N) is 2. The van der Waals surface area contributed by atoms with Crippen molar-refractivity contribution in [2.45, 2.75) is 25.7 Å². The summed E-state index contributed by atoms with van der Waals surface area (Å²) in [7, 11) is 0. The van der Waals surface area contributed by atoms with Crippen molar-refractivity contribution in [2.24, 2.45) is 11.8 Å². The second-order valence-corrected chi connectivity index (χ2v) is 8.52. The monoisotopic (exact) mass is 439 g/mol. The second kappa shape index (κ2) is 8.38. The molecule has 9 nitrogen and oxygen atoms in total. The average molecular weight is 439 g/mol. The third-order valence-corrected chi connectivity index (χ3v) is 6.59. The minimum absolute atomic E-state index is 0.0363. The van der Waals surface area contributed by atoms with Crippen molar-refractivity contribution >= 4 is 40.3 Å². The maximum absolute atomic E-state index is 13.1. The lowest BCUT2D eigenvalue weighted by Gasteiger charge is -2.26. The Balaban J connectivity index is 1.38. The molecule has 1 aromatic heterocycles. The van der Waals surface area contributed by atoms with Crippen LogP contribution in [-0.2, 0) is 19.1 Å². The van der Waals surface area contributed by atoms with Gasteiger partial charge in [0.25, 0.3) is 5.91 Å². The number of morpholine rings is 1. The summed E-state index contributed by atoms with van der Waals surface area (Å²) in [5, 5.41) is 3.33. The largest absolute Gasteiger partial charge is 0.449 e. The van der Waals surface area contributed by atoms with Crippen molar-refractivity contribution < 1.29 is 28.3 Å². The Kier molecular flexibility index (Phi) is 5.42. The molecule has 0 spiro atoms. The number of ether oxygens (including phenoxy) is 1. The standard InChI is InChI=1S/C23H25N3O6/c27-18(13-26-21(28)14-5-1-2-6-15(14)22(26)29)24-19-16-7-3-4-8-17(16)32-20(19)23(30)25-9-11-31-12-10-25/h3-4,7-8,14-15H,1-2,5-6,9-13H2,(H,24,27)/t14-,15+. The molecule has 1 N–H and O–H groups in total. The predicted octanol–water partition coefficient (Wildman–Crippen LogP) is 2.02. The van der Waals surface area contributed by atoms with Gasteiger partial charge in [0, 0.05) is 18.5 Å². The molecule has 32 heavy (non-hydrogen) atoms. The molecule has 2 aromatic rings. The van der Waals surface area contributed by atoms with E-state index in [9.17, 15) is 19.2 Å². The molecule has 4 amide bonds. The van der Waals surface area contributed by atoms with Gasteiger partial charge in [-0.15, -0.1) is 0 Å². The lowest BCUT2D eigenvalue weighted by atomic mass is 9.81. The van der Waals surface area contributed by atoms with E-state index in [4.69, 9.17) is 9.15 Å². The van der Waals surface area contributed by atoms with E-state index < -0.39 is 5.91 Å². The van der Waals surface area contributed by atoms with Gasteiger partial charge in [0.05, 0.1) is 25.0 Å². The number of imide groups is 1. The van der Waals surface area contributed by atoms with E-state index in [1.165, 1.54) is 0 Å². The molecule has 9 heteroatoms. The molecule has 0 unspecified atom stereocenters. The second-order valence-electron chi connectivity index (χ2n) is 8.52. The highest BCUT2D eigenvalue weighted by atomic mass is 16.5. The molecule has 168 valence electrons. The lowest BCUT2D eigenvalue weighted by molar-refractivity contribution is -0.142. The molecule has 3 fully saturated rings. The molecule has 5 rings (SSSR count). The van der Waals surface area contributed by atoms with Gasteiger partial charge in [0.1, 0.15) is 17.8 Å². The van der Waals surface area contributed by atoms with Crippen LogP contribution in [0, 0.1) is 11.8 Å². The Hall–Kier alpha value is -3.20. The molecule has 0 radical (unpaired) electrons. The molecule has 2 aliphatic heterocycles. The van der Waals surface area contributed by atoms with Crippen LogP contribution < -0.4 is 5.32 Å². The first kappa shape index (κ1) is 20.7. The molecule has 3 heterocycles. The van der Waals surface area contributed by atoms with E-state index in [0.29, 0.717) is 50.1 Å². The van der Waals surface area contributed by atoms with E-state index in [0.717, 1.165) is 17.7 Å². The number of hydrogen-bond donors (Lipinski definition) is 1. The topological polar surface area (TPSA) is 109 Å². The fourth-order valence-corrected chi connectivity index (χ4v) is 4.94. The average Bonchev–Trinajstić information content (AvgIpc) is 3.30. The first-order chi connectivity index (χ1) is 15.5. The first-order valence-corrected chi connectivity index (χ1v) is 11.1. The van der Waals surface area contributed by atoms with Gasteiger partial charge in [-0.05, 0) is 25.0 Å². The quantitative estimate of drug-likeness (QED) is 0.730.